The van der Waals surface area contributed by atoms with E-state index in [4.69, 9.17) is 4.74 Å². The maximum absolute atomic E-state index is 13.1. The quantitative estimate of drug-likeness (QED) is 0.802. The Labute approximate surface area is 147 Å². The van der Waals surface area contributed by atoms with Gasteiger partial charge in [0.25, 0.3) is 0 Å². The van der Waals surface area contributed by atoms with Crippen LogP contribution >= 0.6 is 0 Å². The summed E-state index contributed by atoms with van der Waals surface area (Å²) in [5.74, 6) is 1.68. The Hall–Kier alpha value is -1.77. The van der Waals surface area contributed by atoms with Gasteiger partial charge in [-0.25, -0.2) is 8.42 Å². The first-order valence-corrected chi connectivity index (χ1v) is 10.1. The van der Waals surface area contributed by atoms with Gasteiger partial charge in [-0.05, 0) is 18.4 Å². The summed E-state index contributed by atoms with van der Waals surface area (Å²) in [5, 5.41) is 8.47. The first-order valence-electron chi connectivity index (χ1n) is 8.53. The zero-order valence-electron chi connectivity index (χ0n) is 14.2. The van der Waals surface area contributed by atoms with Gasteiger partial charge in [0.15, 0.2) is 5.82 Å². The first kappa shape index (κ1) is 16.7. The molecule has 1 fully saturated rings. The third kappa shape index (κ3) is 3.09. The number of hydrogen-bond donors (Lipinski definition) is 0. The number of ether oxygens (including phenoxy) is 1. The van der Waals surface area contributed by atoms with Gasteiger partial charge in [0.1, 0.15) is 12.4 Å². The molecule has 7 nitrogen and oxygen atoms in total. The molecule has 0 N–H and O–H groups in total. The fourth-order valence-corrected chi connectivity index (χ4v) is 6.03. The number of rotatable bonds is 5. The highest BCUT2D eigenvalue weighted by Crippen LogP contribution is 2.34. The summed E-state index contributed by atoms with van der Waals surface area (Å²) in [6.45, 7) is 0.993. The van der Waals surface area contributed by atoms with Crippen LogP contribution < -0.4 is 0 Å². The molecule has 0 saturated carbocycles. The summed E-state index contributed by atoms with van der Waals surface area (Å²) in [6, 6.07) is 9.31. The molecule has 0 radical (unpaired) electrons. The molecule has 1 saturated heterocycles. The van der Waals surface area contributed by atoms with E-state index in [0.29, 0.717) is 19.6 Å². The van der Waals surface area contributed by atoms with E-state index in [1.807, 2.05) is 34.9 Å². The van der Waals surface area contributed by atoms with E-state index >= 15 is 0 Å². The van der Waals surface area contributed by atoms with Gasteiger partial charge in [-0.1, -0.05) is 30.3 Å². The third-order valence-corrected chi connectivity index (χ3v) is 6.99. The number of hydrogen-bond acceptors (Lipinski definition) is 5. The van der Waals surface area contributed by atoms with Crippen LogP contribution in [0.3, 0.4) is 0 Å². The molecule has 0 amide bonds. The molecule has 2 aromatic rings. The van der Waals surface area contributed by atoms with Crippen LogP contribution in [0.1, 0.15) is 30.1 Å². The molecule has 25 heavy (non-hydrogen) atoms. The van der Waals surface area contributed by atoms with E-state index in [-0.39, 0.29) is 17.8 Å². The van der Waals surface area contributed by atoms with Crippen LogP contribution in [-0.2, 0) is 40.1 Å². The number of fused-ring (bicyclic) bond motifs is 3. The van der Waals surface area contributed by atoms with E-state index in [2.05, 4.69) is 10.2 Å². The normalized spacial score (nSPS) is 23.4. The topological polar surface area (TPSA) is 77.3 Å². The van der Waals surface area contributed by atoms with Crippen molar-refractivity contribution in [2.45, 2.75) is 50.3 Å². The lowest BCUT2D eigenvalue weighted by Gasteiger charge is -2.27. The molecule has 0 aliphatic carbocycles. The predicted octanol–water partition coefficient (Wildman–Crippen LogP) is 1.34. The summed E-state index contributed by atoms with van der Waals surface area (Å²) in [6.07, 6.45) is 2.37. The van der Waals surface area contributed by atoms with E-state index < -0.39 is 10.0 Å². The summed E-state index contributed by atoms with van der Waals surface area (Å²) in [4.78, 5) is 0. The van der Waals surface area contributed by atoms with Crippen LogP contribution in [0.5, 0.6) is 0 Å². The molecule has 2 unspecified atom stereocenters. The van der Waals surface area contributed by atoms with Crippen LogP contribution in [0.15, 0.2) is 30.3 Å². The third-order valence-electron chi connectivity index (χ3n) is 5.05. The minimum Gasteiger partial charge on any atom is -0.377 e. The van der Waals surface area contributed by atoms with E-state index in [1.54, 1.807) is 11.4 Å². The molecule has 1 aromatic heterocycles. The molecule has 2 aliphatic heterocycles. The minimum atomic E-state index is -3.38. The van der Waals surface area contributed by atoms with Gasteiger partial charge in [0, 0.05) is 32.2 Å². The minimum absolute atomic E-state index is 0.0282. The van der Waals surface area contributed by atoms with Crippen molar-refractivity contribution in [3.8, 4) is 0 Å². The largest absolute Gasteiger partial charge is 0.377 e. The zero-order valence-corrected chi connectivity index (χ0v) is 15.0. The van der Waals surface area contributed by atoms with Gasteiger partial charge >= 0.3 is 0 Å². The molecular formula is C17H22N4O3S. The summed E-state index contributed by atoms with van der Waals surface area (Å²) >= 11 is 0. The molecule has 2 bridgehead atoms. The summed E-state index contributed by atoms with van der Waals surface area (Å²) in [5.41, 5.74) is 0.825. The Balaban J connectivity index is 1.62. The van der Waals surface area contributed by atoms with Crippen molar-refractivity contribution < 1.29 is 13.2 Å². The lowest BCUT2D eigenvalue weighted by Crippen LogP contribution is -2.42. The molecule has 8 heteroatoms. The number of nitrogens with zero attached hydrogens (tertiary/aromatic N) is 4. The Bertz CT molecular complexity index is 850. The van der Waals surface area contributed by atoms with Crippen LogP contribution in [0, 0.1) is 0 Å². The first-order chi connectivity index (χ1) is 12.1. The Morgan fingerprint density at radius 1 is 1.16 bits per heavy atom. The van der Waals surface area contributed by atoms with E-state index in [0.717, 1.165) is 30.1 Å². The highest BCUT2D eigenvalue weighted by atomic mass is 32.2. The Kier molecular flexibility index (Phi) is 4.35. The fourth-order valence-electron chi connectivity index (χ4n) is 4.01. The molecule has 4 rings (SSSR count). The number of aromatic nitrogens is 3. The van der Waals surface area contributed by atoms with E-state index in [1.165, 1.54) is 0 Å². The van der Waals surface area contributed by atoms with Crippen molar-refractivity contribution in [1.82, 2.24) is 19.1 Å². The monoisotopic (exact) mass is 362 g/mol. The molecule has 2 aliphatic rings. The molecule has 2 atom stereocenters. The van der Waals surface area contributed by atoms with Gasteiger partial charge < -0.3 is 9.30 Å². The summed E-state index contributed by atoms with van der Waals surface area (Å²) in [7, 11) is -1.75. The van der Waals surface area contributed by atoms with Crippen LogP contribution in [0.25, 0.3) is 0 Å². The highest BCUT2D eigenvalue weighted by Gasteiger charge is 2.44. The second-order valence-corrected chi connectivity index (χ2v) is 8.61. The van der Waals surface area contributed by atoms with Gasteiger partial charge in [0.2, 0.25) is 10.0 Å². The second-order valence-electron chi connectivity index (χ2n) is 6.74. The highest BCUT2D eigenvalue weighted by molar-refractivity contribution is 7.88. The average molecular weight is 362 g/mol. The Morgan fingerprint density at radius 3 is 2.68 bits per heavy atom. The van der Waals surface area contributed by atoms with Crippen molar-refractivity contribution in [2.75, 3.05) is 7.11 Å². The maximum Gasteiger partial charge on any atom is 0.218 e. The molecule has 134 valence electrons. The smallest absolute Gasteiger partial charge is 0.218 e. The zero-order chi connectivity index (χ0) is 17.4. The lowest BCUT2D eigenvalue weighted by molar-refractivity contribution is 0.172. The molecule has 1 aromatic carbocycles. The molecule has 0 spiro atoms. The second kappa shape index (κ2) is 6.51. The van der Waals surface area contributed by atoms with Crippen molar-refractivity contribution in [3.63, 3.8) is 0 Å². The van der Waals surface area contributed by atoms with Crippen LogP contribution in [0.4, 0.5) is 0 Å². The van der Waals surface area contributed by atoms with Crippen molar-refractivity contribution >= 4 is 10.0 Å². The van der Waals surface area contributed by atoms with Gasteiger partial charge in [-0.2, -0.15) is 4.31 Å². The van der Waals surface area contributed by atoms with Gasteiger partial charge in [0.05, 0.1) is 5.75 Å². The maximum atomic E-state index is 13.1. The van der Waals surface area contributed by atoms with Crippen molar-refractivity contribution in [1.29, 1.82) is 0 Å². The standard InChI is InChI=1S/C17H22N4O3S/c1-24-11-17-19-18-16-9-14-7-8-15(10-20(16)17)21(14)25(22,23)12-13-5-3-2-4-6-13/h2-6,14-15H,7-12H2,1H3. The van der Waals surface area contributed by atoms with E-state index in [9.17, 15) is 8.42 Å². The van der Waals surface area contributed by atoms with Crippen LogP contribution in [0.2, 0.25) is 0 Å². The molecule has 3 heterocycles. The lowest BCUT2D eigenvalue weighted by atomic mass is 10.1. The molecular weight excluding hydrogens is 340 g/mol. The van der Waals surface area contributed by atoms with Gasteiger partial charge in [-0.3, -0.25) is 0 Å². The fraction of sp³-hybridized carbons (Fsp3) is 0.529. The van der Waals surface area contributed by atoms with Crippen molar-refractivity contribution in [2.24, 2.45) is 0 Å². The summed E-state index contributed by atoms with van der Waals surface area (Å²) < 4.78 is 35.2. The van der Waals surface area contributed by atoms with Crippen molar-refractivity contribution in [3.05, 3.63) is 47.5 Å². The number of sulfonamides is 1. The predicted molar refractivity (Wildman–Crippen MR) is 92.2 cm³/mol. The number of benzene rings is 1. The van der Waals surface area contributed by atoms with Gasteiger partial charge in [-0.15, -0.1) is 10.2 Å². The van der Waals surface area contributed by atoms with Crippen LogP contribution in [-0.4, -0.2) is 46.7 Å². The average Bonchev–Trinajstić information content (AvgIpc) is 3.09. The Morgan fingerprint density at radius 2 is 1.92 bits per heavy atom. The SMILES string of the molecule is COCc1nnc2n1CC1CCC(C2)N1S(=O)(=O)Cc1ccccc1. The number of methoxy groups -OCH3 is 1.